The zero-order valence-electron chi connectivity index (χ0n) is 16.1. The lowest BCUT2D eigenvalue weighted by molar-refractivity contribution is 0.379. The molecule has 0 spiro atoms. The highest BCUT2D eigenvalue weighted by Gasteiger charge is 2.16. The van der Waals surface area contributed by atoms with E-state index in [0.29, 0.717) is 24.3 Å². The molecular formula is C24H27O3P. The Balaban J connectivity index is 2.18. The first-order valence-electron chi connectivity index (χ1n) is 9.13. The van der Waals surface area contributed by atoms with Crippen molar-refractivity contribution in [1.29, 1.82) is 0 Å². The lowest BCUT2D eigenvalue weighted by atomic mass is 10.0. The molecule has 0 radical (unpaired) electrons. The highest BCUT2D eigenvalue weighted by atomic mass is 31.2. The Morgan fingerprint density at radius 2 is 1.07 bits per heavy atom. The van der Waals surface area contributed by atoms with E-state index < -0.39 is 8.60 Å². The molecule has 0 heterocycles. The zero-order chi connectivity index (χ0) is 20.4. The van der Waals surface area contributed by atoms with Gasteiger partial charge in [0.1, 0.15) is 11.5 Å². The van der Waals surface area contributed by atoms with Gasteiger partial charge in [0.2, 0.25) is 0 Å². The van der Waals surface area contributed by atoms with Gasteiger partial charge in [-0.05, 0) is 60.1 Å². The van der Waals surface area contributed by atoms with Gasteiger partial charge in [-0.1, -0.05) is 48.6 Å². The normalized spacial score (nSPS) is 10.4. The number of benzene rings is 2. The van der Waals surface area contributed by atoms with Gasteiger partial charge in [-0.25, -0.2) is 0 Å². The van der Waals surface area contributed by atoms with Gasteiger partial charge < -0.3 is 13.9 Å². The monoisotopic (exact) mass is 394 g/mol. The molecule has 0 aliphatic carbocycles. The predicted octanol–water partition coefficient (Wildman–Crippen LogP) is 6.28. The van der Waals surface area contributed by atoms with Crippen molar-refractivity contribution in [2.24, 2.45) is 0 Å². The molecule has 0 unspecified atom stereocenters. The molecule has 0 saturated heterocycles. The molecule has 28 heavy (non-hydrogen) atoms. The van der Waals surface area contributed by atoms with Crippen molar-refractivity contribution in [2.45, 2.75) is 25.7 Å². The minimum Gasteiger partial charge on any atom is -0.418 e. The van der Waals surface area contributed by atoms with Crippen molar-refractivity contribution in [3.05, 3.63) is 109 Å². The van der Waals surface area contributed by atoms with Crippen LogP contribution in [-0.2, 0) is 25.7 Å². The first-order chi connectivity index (χ1) is 13.6. The van der Waals surface area contributed by atoms with Crippen LogP contribution in [-0.4, -0.2) is 4.89 Å². The van der Waals surface area contributed by atoms with E-state index >= 15 is 0 Å². The first kappa shape index (κ1) is 21.7. The Morgan fingerprint density at radius 1 is 0.679 bits per heavy atom. The average Bonchev–Trinajstić information content (AvgIpc) is 2.67. The van der Waals surface area contributed by atoms with Crippen molar-refractivity contribution < 1.29 is 13.9 Å². The summed E-state index contributed by atoms with van der Waals surface area (Å²) in [6, 6.07) is 11.7. The van der Waals surface area contributed by atoms with Crippen LogP contribution in [0.4, 0.5) is 0 Å². The van der Waals surface area contributed by atoms with Gasteiger partial charge in [0.05, 0.1) is 0 Å². The number of allylic oxidation sites excluding steroid dienone is 4. The predicted molar refractivity (Wildman–Crippen MR) is 119 cm³/mol. The van der Waals surface area contributed by atoms with E-state index in [1.807, 2.05) is 48.6 Å². The van der Waals surface area contributed by atoms with Gasteiger partial charge in [0, 0.05) is 0 Å². The van der Waals surface area contributed by atoms with E-state index in [1.165, 1.54) is 0 Å². The van der Waals surface area contributed by atoms with Gasteiger partial charge in [0.15, 0.2) is 0 Å². The smallest absolute Gasteiger partial charge is 0.418 e. The van der Waals surface area contributed by atoms with Gasteiger partial charge >= 0.3 is 8.60 Å². The van der Waals surface area contributed by atoms with Gasteiger partial charge in [-0.3, -0.25) is 0 Å². The van der Waals surface area contributed by atoms with Gasteiger partial charge in [-0.2, -0.15) is 0 Å². The fraction of sp³-hybridized carbons (Fsp3) is 0.167. The molecule has 3 nitrogen and oxygen atoms in total. The molecule has 0 saturated carbocycles. The van der Waals surface area contributed by atoms with Crippen LogP contribution in [0.2, 0.25) is 0 Å². The molecule has 0 bridgehead atoms. The quantitative estimate of drug-likeness (QED) is 0.340. The summed E-state index contributed by atoms with van der Waals surface area (Å²) in [6.07, 6.45) is 10.2. The summed E-state index contributed by atoms with van der Waals surface area (Å²) in [5, 5.41) is 0. The second-order valence-corrected chi connectivity index (χ2v) is 7.12. The van der Waals surface area contributed by atoms with Crippen LogP contribution < -0.4 is 9.05 Å². The summed E-state index contributed by atoms with van der Waals surface area (Å²) in [7, 11) is -2.13. The molecule has 2 rings (SSSR count). The second kappa shape index (κ2) is 11.3. The SMILES string of the molecule is C=CCc1ccc(OP(O)Oc2ccc(CC=C)cc2CC=C)c(CC=C)c1. The second-order valence-electron chi connectivity index (χ2n) is 6.28. The topological polar surface area (TPSA) is 38.7 Å². The van der Waals surface area contributed by atoms with Crippen LogP contribution in [0.1, 0.15) is 22.3 Å². The molecule has 2 aromatic carbocycles. The molecule has 0 aromatic heterocycles. The van der Waals surface area contributed by atoms with Gasteiger partial charge in [-0.15, -0.1) is 26.3 Å². The summed E-state index contributed by atoms with van der Waals surface area (Å²) in [4.78, 5) is 10.4. The maximum absolute atomic E-state index is 10.4. The maximum Gasteiger partial charge on any atom is 0.460 e. The third-order valence-electron chi connectivity index (χ3n) is 4.09. The first-order valence-corrected chi connectivity index (χ1v) is 10.3. The van der Waals surface area contributed by atoms with E-state index in [1.54, 1.807) is 12.2 Å². The highest BCUT2D eigenvalue weighted by Crippen LogP contribution is 2.40. The van der Waals surface area contributed by atoms with Crippen LogP contribution in [0.15, 0.2) is 87.0 Å². The molecule has 0 aliphatic heterocycles. The number of rotatable bonds is 12. The molecule has 0 fully saturated rings. The van der Waals surface area contributed by atoms with Crippen LogP contribution in [0.5, 0.6) is 11.5 Å². The minimum atomic E-state index is -2.13. The summed E-state index contributed by atoms with van der Waals surface area (Å²) < 4.78 is 11.5. The van der Waals surface area contributed by atoms with E-state index in [4.69, 9.17) is 9.05 Å². The molecule has 4 heteroatoms. The highest BCUT2D eigenvalue weighted by molar-refractivity contribution is 7.41. The number of hydrogen-bond acceptors (Lipinski definition) is 3. The van der Waals surface area contributed by atoms with E-state index in [0.717, 1.165) is 35.1 Å². The lowest BCUT2D eigenvalue weighted by Gasteiger charge is -2.17. The summed E-state index contributed by atoms with van der Waals surface area (Å²) >= 11 is 0. The van der Waals surface area contributed by atoms with Crippen molar-refractivity contribution in [3.63, 3.8) is 0 Å². The third-order valence-corrected chi connectivity index (χ3v) is 4.80. The molecular weight excluding hydrogens is 367 g/mol. The Hall–Kier alpha value is -2.61. The van der Waals surface area contributed by atoms with E-state index in [-0.39, 0.29) is 0 Å². The van der Waals surface area contributed by atoms with E-state index in [2.05, 4.69) is 26.3 Å². The standard InChI is InChI=1S/C24H27O3P/c1-5-9-19-13-15-23(21(17-19)11-7-3)26-28(25)27-24-16-14-20(10-6-2)18-22(24)12-8-4/h5-8,13-18,25H,1-4,9-12H2. The van der Waals surface area contributed by atoms with Crippen molar-refractivity contribution in [1.82, 2.24) is 0 Å². The Labute approximate surface area is 169 Å². The van der Waals surface area contributed by atoms with Crippen molar-refractivity contribution in [2.75, 3.05) is 0 Å². The maximum atomic E-state index is 10.4. The van der Waals surface area contributed by atoms with Crippen LogP contribution in [0.3, 0.4) is 0 Å². The van der Waals surface area contributed by atoms with Crippen LogP contribution in [0.25, 0.3) is 0 Å². The molecule has 0 aliphatic rings. The molecule has 0 atom stereocenters. The van der Waals surface area contributed by atoms with E-state index in [9.17, 15) is 4.89 Å². The zero-order valence-corrected chi connectivity index (χ0v) is 17.0. The van der Waals surface area contributed by atoms with Gasteiger partial charge in [0.25, 0.3) is 0 Å². The largest absolute Gasteiger partial charge is 0.460 e. The minimum absolute atomic E-state index is 0.592. The van der Waals surface area contributed by atoms with Crippen LogP contribution >= 0.6 is 8.60 Å². The fourth-order valence-electron chi connectivity index (χ4n) is 2.85. The fourth-order valence-corrected chi connectivity index (χ4v) is 3.58. The summed E-state index contributed by atoms with van der Waals surface area (Å²) in [5.74, 6) is 1.18. The molecule has 1 N–H and O–H groups in total. The lowest BCUT2D eigenvalue weighted by Crippen LogP contribution is -2.00. The van der Waals surface area contributed by atoms with Crippen LogP contribution in [0, 0.1) is 0 Å². The molecule has 0 amide bonds. The van der Waals surface area contributed by atoms with Crippen molar-refractivity contribution >= 4 is 8.60 Å². The summed E-state index contributed by atoms with van der Waals surface area (Å²) in [6.45, 7) is 15.1. The number of hydrogen-bond donors (Lipinski definition) is 1. The Bertz CT molecular complexity index is 772. The Kier molecular flexibility index (Phi) is 8.74. The molecule has 146 valence electrons. The average molecular weight is 394 g/mol. The van der Waals surface area contributed by atoms with Crippen molar-refractivity contribution in [3.8, 4) is 11.5 Å². The third kappa shape index (κ3) is 6.23. The molecule has 2 aromatic rings. The summed E-state index contributed by atoms with van der Waals surface area (Å²) in [5.41, 5.74) is 4.17. The Morgan fingerprint density at radius 3 is 1.43 bits per heavy atom.